The molecule has 3 rings (SSSR count). The fourth-order valence-corrected chi connectivity index (χ4v) is 4.21. The van der Waals surface area contributed by atoms with Gasteiger partial charge in [-0.15, -0.1) is 0 Å². The molecule has 126 valence electrons. The van der Waals surface area contributed by atoms with Gasteiger partial charge < -0.3 is 4.74 Å². The number of benzene rings is 2. The molecule has 2 aromatic rings. The number of hydrogen-bond donors (Lipinski definition) is 0. The molecule has 0 atom stereocenters. The lowest BCUT2D eigenvalue weighted by Crippen LogP contribution is -2.37. The van der Waals surface area contributed by atoms with Crippen molar-refractivity contribution in [2.45, 2.75) is 31.3 Å². The van der Waals surface area contributed by atoms with Gasteiger partial charge in [0.25, 0.3) is 10.0 Å². The Balaban J connectivity index is 1.97. The minimum Gasteiger partial charge on any atom is -0.491 e. The SMILES string of the molecule is CC(C)Oc1ccc(S(=O)(=O)N2CCC(=O)c3ccccc32)cc1. The predicted molar refractivity (Wildman–Crippen MR) is 92.1 cm³/mol. The van der Waals surface area contributed by atoms with Gasteiger partial charge in [-0.05, 0) is 50.2 Å². The number of sulfonamides is 1. The van der Waals surface area contributed by atoms with E-state index in [1.54, 1.807) is 36.4 Å². The standard InChI is InChI=1S/C18H19NO4S/c1-13(2)23-14-7-9-15(10-8-14)24(21,22)19-12-11-18(20)16-5-3-4-6-17(16)19/h3-10,13H,11-12H2,1-2H3. The van der Waals surface area contributed by atoms with E-state index >= 15 is 0 Å². The molecule has 0 radical (unpaired) electrons. The maximum Gasteiger partial charge on any atom is 0.264 e. The molecule has 24 heavy (non-hydrogen) atoms. The molecular formula is C18H19NO4S. The summed E-state index contributed by atoms with van der Waals surface area (Å²) in [5.41, 5.74) is 0.892. The van der Waals surface area contributed by atoms with Crippen molar-refractivity contribution in [3.05, 3.63) is 54.1 Å². The molecule has 0 unspecified atom stereocenters. The number of rotatable bonds is 4. The number of hydrogen-bond acceptors (Lipinski definition) is 4. The summed E-state index contributed by atoms with van der Waals surface area (Å²) in [6.45, 7) is 3.97. The van der Waals surface area contributed by atoms with Crippen molar-refractivity contribution in [3.63, 3.8) is 0 Å². The zero-order chi connectivity index (χ0) is 17.3. The second-order valence-corrected chi connectivity index (χ2v) is 7.77. The summed E-state index contributed by atoms with van der Waals surface area (Å²) in [6, 6.07) is 13.2. The molecule has 0 fully saturated rings. The van der Waals surface area contributed by atoms with Crippen LogP contribution < -0.4 is 9.04 Å². The average molecular weight is 345 g/mol. The van der Waals surface area contributed by atoms with Gasteiger partial charge in [0.15, 0.2) is 5.78 Å². The number of Topliss-reactive ketones (excluding diaryl/α,β-unsaturated/α-hetero) is 1. The Morgan fingerprint density at radius 2 is 1.71 bits per heavy atom. The predicted octanol–water partition coefficient (Wildman–Crippen LogP) is 3.26. The molecule has 0 saturated heterocycles. The fourth-order valence-electron chi connectivity index (χ4n) is 2.72. The monoisotopic (exact) mass is 345 g/mol. The first kappa shape index (κ1) is 16.5. The minimum atomic E-state index is -3.72. The average Bonchev–Trinajstić information content (AvgIpc) is 2.55. The molecule has 1 heterocycles. The van der Waals surface area contributed by atoms with Gasteiger partial charge in [0.1, 0.15) is 5.75 Å². The van der Waals surface area contributed by atoms with Crippen LogP contribution in [-0.2, 0) is 10.0 Å². The van der Waals surface area contributed by atoms with Crippen molar-refractivity contribution < 1.29 is 17.9 Å². The van der Waals surface area contributed by atoms with E-state index in [9.17, 15) is 13.2 Å². The Morgan fingerprint density at radius 1 is 1.04 bits per heavy atom. The number of anilines is 1. The first-order valence-corrected chi connectivity index (χ1v) is 9.25. The zero-order valence-electron chi connectivity index (χ0n) is 13.6. The van der Waals surface area contributed by atoms with Gasteiger partial charge in [0.05, 0.1) is 16.7 Å². The summed E-state index contributed by atoms with van der Waals surface area (Å²) in [6.07, 6.45) is 0.206. The van der Waals surface area contributed by atoms with Crippen molar-refractivity contribution in [1.82, 2.24) is 0 Å². The zero-order valence-corrected chi connectivity index (χ0v) is 14.4. The summed E-state index contributed by atoms with van der Waals surface area (Å²) >= 11 is 0. The maximum atomic E-state index is 13.0. The van der Waals surface area contributed by atoms with E-state index in [1.165, 1.54) is 16.4 Å². The smallest absolute Gasteiger partial charge is 0.264 e. The number of ether oxygens (including phenoxy) is 1. The highest BCUT2D eigenvalue weighted by Crippen LogP contribution is 2.32. The maximum absolute atomic E-state index is 13.0. The van der Waals surface area contributed by atoms with Gasteiger partial charge in [-0.1, -0.05) is 12.1 Å². The molecular weight excluding hydrogens is 326 g/mol. The van der Waals surface area contributed by atoms with Gasteiger partial charge in [-0.3, -0.25) is 9.10 Å². The molecule has 0 spiro atoms. The van der Waals surface area contributed by atoms with E-state index < -0.39 is 10.0 Å². The molecule has 0 saturated carbocycles. The van der Waals surface area contributed by atoms with Crippen LogP contribution in [0, 0.1) is 0 Å². The summed E-state index contributed by atoms with van der Waals surface area (Å²) in [7, 11) is -3.72. The van der Waals surface area contributed by atoms with Crippen molar-refractivity contribution in [3.8, 4) is 5.75 Å². The van der Waals surface area contributed by atoms with Crippen LogP contribution in [0.15, 0.2) is 53.4 Å². The van der Waals surface area contributed by atoms with Crippen LogP contribution in [0.25, 0.3) is 0 Å². The molecule has 1 aliphatic heterocycles. The van der Waals surface area contributed by atoms with E-state index in [4.69, 9.17) is 4.74 Å². The minimum absolute atomic E-state index is 0.0208. The summed E-state index contributed by atoms with van der Waals surface area (Å²) in [4.78, 5) is 12.2. The molecule has 0 N–H and O–H groups in total. The topological polar surface area (TPSA) is 63.7 Å². The molecule has 6 heteroatoms. The summed E-state index contributed by atoms with van der Waals surface area (Å²) < 4.78 is 32.8. The molecule has 1 aliphatic rings. The van der Waals surface area contributed by atoms with Gasteiger partial charge in [-0.2, -0.15) is 0 Å². The molecule has 2 aromatic carbocycles. The van der Waals surface area contributed by atoms with Crippen LogP contribution in [0.5, 0.6) is 5.75 Å². The number of carbonyl (C=O) groups is 1. The van der Waals surface area contributed by atoms with Crippen molar-refractivity contribution >= 4 is 21.5 Å². The Hall–Kier alpha value is -2.34. The number of ketones is 1. The highest BCUT2D eigenvalue weighted by Gasteiger charge is 2.32. The quantitative estimate of drug-likeness (QED) is 0.853. The van der Waals surface area contributed by atoms with Crippen molar-refractivity contribution in [2.75, 3.05) is 10.8 Å². The third-order valence-corrected chi connectivity index (χ3v) is 5.63. The third-order valence-electron chi connectivity index (χ3n) is 3.80. The van der Waals surface area contributed by atoms with Gasteiger partial charge in [-0.25, -0.2) is 8.42 Å². The fraction of sp³-hybridized carbons (Fsp3) is 0.278. The van der Waals surface area contributed by atoms with Crippen molar-refractivity contribution in [1.29, 1.82) is 0 Å². The Morgan fingerprint density at radius 3 is 2.38 bits per heavy atom. The van der Waals surface area contributed by atoms with Crippen molar-refractivity contribution in [2.24, 2.45) is 0 Å². The lowest BCUT2D eigenvalue weighted by atomic mass is 10.0. The Kier molecular flexibility index (Phi) is 4.32. The van der Waals surface area contributed by atoms with Crippen LogP contribution in [0.2, 0.25) is 0 Å². The van der Waals surface area contributed by atoms with E-state index in [0.29, 0.717) is 17.0 Å². The lowest BCUT2D eigenvalue weighted by molar-refractivity contribution is 0.0982. The van der Waals surface area contributed by atoms with Gasteiger partial charge >= 0.3 is 0 Å². The van der Waals surface area contributed by atoms with Crippen LogP contribution in [-0.4, -0.2) is 26.8 Å². The highest BCUT2D eigenvalue weighted by atomic mass is 32.2. The number of fused-ring (bicyclic) bond motifs is 1. The van der Waals surface area contributed by atoms with E-state index in [2.05, 4.69) is 0 Å². The third kappa shape index (κ3) is 3.01. The molecule has 0 bridgehead atoms. The number of carbonyl (C=O) groups excluding carboxylic acids is 1. The van der Waals surface area contributed by atoms with E-state index in [0.717, 1.165) is 0 Å². The number of para-hydroxylation sites is 1. The van der Waals surface area contributed by atoms with Gasteiger partial charge in [0.2, 0.25) is 0 Å². The molecule has 5 nitrogen and oxygen atoms in total. The van der Waals surface area contributed by atoms with E-state index in [-0.39, 0.29) is 29.7 Å². The van der Waals surface area contributed by atoms with Crippen LogP contribution in [0.1, 0.15) is 30.6 Å². The largest absolute Gasteiger partial charge is 0.491 e. The summed E-state index contributed by atoms with van der Waals surface area (Å²) in [5, 5.41) is 0. The van der Waals surface area contributed by atoms with Crippen LogP contribution >= 0.6 is 0 Å². The van der Waals surface area contributed by atoms with Crippen LogP contribution in [0.3, 0.4) is 0 Å². The second-order valence-electron chi connectivity index (χ2n) is 5.91. The van der Waals surface area contributed by atoms with Crippen LogP contribution in [0.4, 0.5) is 5.69 Å². The Bertz CT molecular complexity index is 857. The van der Waals surface area contributed by atoms with Gasteiger partial charge in [0, 0.05) is 18.5 Å². The first-order valence-electron chi connectivity index (χ1n) is 7.81. The lowest BCUT2D eigenvalue weighted by Gasteiger charge is -2.29. The molecule has 0 amide bonds. The summed E-state index contributed by atoms with van der Waals surface area (Å²) in [5.74, 6) is 0.593. The van der Waals surface area contributed by atoms with E-state index in [1.807, 2.05) is 13.8 Å². The highest BCUT2D eigenvalue weighted by molar-refractivity contribution is 7.92. The normalized spacial score (nSPS) is 14.6. The molecule has 0 aromatic heterocycles. The first-order chi connectivity index (χ1) is 11.4. The molecule has 0 aliphatic carbocycles. The number of nitrogens with zero attached hydrogens (tertiary/aromatic N) is 1. The second kappa shape index (κ2) is 6.28. The Labute approximate surface area is 141 Å².